The van der Waals surface area contributed by atoms with Crippen LogP contribution in [0.3, 0.4) is 0 Å². The molecule has 4 nitrogen and oxygen atoms in total. The molecule has 0 heterocycles. The van der Waals surface area contributed by atoms with Crippen LogP contribution in [0, 0.1) is 23.5 Å². The monoisotopic (exact) mass is 323 g/mol. The van der Waals surface area contributed by atoms with E-state index in [1.54, 1.807) is 11.8 Å². The molecule has 0 aromatic heterocycles. The van der Waals surface area contributed by atoms with Gasteiger partial charge in [-0.15, -0.1) is 0 Å². The fourth-order valence-electron chi connectivity index (χ4n) is 3.01. The Bertz CT molecular complexity index is 645. The Labute approximate surface area is 133 Å². The van der Waals surface area contributed by atoms with Gasteiger partial charge in [0, 0.05) is 24.6 Å². The van der Waals surface area contributed by atoms with E-state index in [4.69, 9.17) is 5.11 Å². The fourth-order valence-corrected chi connectivity index (χ4v) is 3.01. The molecule has 0 spiro atoms. The Morgan fingerprint density at radius 2 is 2.04 bits per heavy atom. The molecule has 1 aromatic rings. The number of amides is 1. The van der Waals surface area contributed by atoms with Crippen LogP contribution in [0.4, 0.5) is 8.78 Å². The molecule has 0 unspecified atom stereocenters. The van der Waals surface area contributed by atoms with E-state index < -0.39 is 23.5 Å². The number of aliphatic carboxylic acids is 1. The molecule has 2 aliphatic carbocycles. The Balaban J connectivity index is 1.69. The summed E-state index contributed by atoms with van der Waals surface area (Å²) >= 11 is 0. The Hall–Kier alpha value is -1.98. The highest BCUT2D eigenvalue weighted by Gasteiger charge is 2.49. The van der Waals surface area contributed by atoms with Crippen molar-refractivity contribution >= 4 is 11.9 Å². The lowest BCUT2D eigenvalue weighted by molar-refractivity contribution is -0.143. The molecule has 1 N–H and O–H groups in total. The molecule has 0 aliphatic heterocycles. The molecule has 1 amide bonds. The largest absolute Gasteiger partial charge is 0.481 e. The van der Waals surface area contributed by atoms with Gasteiger partial charge in [-0.1, -0.05) is 13.0 Å². The van der Waals surface area contributed by atoms with Crippen LogP contribution >= 0.6 is 0 Å². The summed E-state index contributed by atoms with van der Waals surface area (Å²) in [4.78, 5) is 25.3. The van der Waals surface area contributed by atoms with Gasteiger partial charge in [0.25, 0.3) is 0 Å². The lowest BCUT2D eigenvalue weighted by Gasteiger charge is -2.24. The summed E-state index contributed by atoms with van der Waals surface area (Å²) in [7, 11) is 0. The zero-order valence-electron chi connectivity index (χ0n) is 12.8. The number of carboxylic acid groups (broad SMARTS) is 1. The molecular formula is C17H19F2NO3. The first-order valence-electron chi connectivity index (χ1n) is 7.86. The number of carbonyl (C=O) groups excluding carboxylic acids is 1. The van der Waals surface area contributed by atoms with E-state index in [-0.39, 0.29) is 30.3 Å². The van der Waals surface area contributed by atoms with Crippen LogP contribution < -0.4 is 0 Å². The quantitative estimate of drug-likeness (QED) is 0.876. The molecule has 2 saturated carbocycles. The molecule has 0 radical (unpaired) electrons. The minimum absolute atomic E-state index is 0.102. The molecule has 0 bridgehead atoms. The molecule has 0 saturated heterocycles. The Kier molecular flexibility index (Phi) is 4.08. The van der Waals surface area contributed by atoms with Crippen LogP contribution in [0.1, 0.15) is 37.7 Å². The third-order valence-corrected chi connectivity index (χ3v) is 4.63. The predicted octanol–water partition coefficient (Wildman–Crippen LogP) is 2.78. The van der Waals surface area contributed by atoms with Crippen molar-refractivity contribution in [3.63, 3.8) is 0 Å². The van der Waals surface area contributed by atoms with Crippen LogP contribution in [0.5, 0.6) is 0 Å². The van der Waals surface area contributed by atoms with Gasteiger partial charge >= 0.3 is 5.97 Å². The molecule has 2 fully saturated rings. The van der Waals surface area contributed by atoms with Crippen molar-refractivity contribution in [2.45, 2.75) is 38.1 Å². The maximum Gasteiger partial charge on any atom is 0.308 e. The van der Waals surface area contributed by atoms with Crippen LogP contribution in [0.2, 0.25) is 0 Å². The number of hydrogen-bond acceptors (Lipinski definition) is 2. The summed E-state index contributed by atoms with van der Waals surface area (Å²) in [5, 5.41) is 9.04. The molecular weight excluding hydrogens is 304 g/mol. The first kappa shape index (κ1) is 15.9. The van der Waals surface area contributed by atoms with Crippen molar-refractivity contribution in [3.8, 4) is 0 Å². The second-order valence-corrected chi connectivity index (χ2v) is 6.58. The van der Waals surface area contributed by atoms with Gasteiger partial charge in [-0.05, 0) is 36.8 Å². The van der Waals surface area contributed by atoms with E-state index in [2.05, 4.69) is 0 Å². The Morgan fingerprint density at radius 1 is 1.35 bits per heavy atom. The third-order valence-electron chi connectivity index (χ3n) is 4.63. The number of nitrogens with zero attached hydrogens (tertiary/aromatic N) is 1. The van der Waals surface area contributed by atoms with Crippen LogP contribution in [0.25, 0.3) is 0 Å². The van der Waals surface area contributed by atoms with Crippen LogP contribution in [0.15, 0.2) is 18.2 Å². The summed E-state index contributed by atoms with van der Waals surface area (Å²) in [6.07, 6.45) is 2.31. The van der Waals surface area contributed by atoms with Gasteiger partial charge in [0.05, 0.1) is 5.92 Å². The zero-order chi connectivity index (χ0) is 16.7. The molecule has 3 rings (SSSR count). The second kappa shape index (κ2) is 5.91. The first-order chi connectivity index (χ1) is 10.9. The molecule has 3 atom stereocenters. The molecule has 23 heavy (non-hydrogen) atoms. The van der Waals surface area contributed by atoms with Gasteiger partial charge in [0.2, 0.25) is 5.91 Å². The lowest BCUT2D eigenvalue weighted by atomic mass is 10.1. The van der Waals surface area contributed by atoms with E-state index in [0.29, 0.717) is 12.0 Å². The van der Waals surface area contributed by atoms with Gasteiger partial charge in [-0.3, -0.25) is 9.59 Å². The first-order valence-corrected chi connectivity index (χ1v) is 7.86. The minimum atomic E-state index is -0.930. The van der Waals surface area contributed by atoms with E-state index in [1.165, 1.54) is 12.1 Å². The fraction of sp³-hybridized carbons (Fsp3) is 0.529. The van der Waals surface area contributed by atoms with E-state index >= 15 is 0 Å². The SMILES string of the molecule is C[C@H](CN(C(=O)[C@@H]1C[C@H]1c1ccc(F)cc1F)C1CC1)C(=O)O. The van der Waals surface area contributed by atoms with E-state index in [0.717, 1.165) is 18.9 Å². The molecule has 1 aromatic carbocycles. The number of hydrogen-bond donors (Lipinski definition) is 1. The predicted molar refractivity (Wildman–Crippen MR) is 78.7 cm³/mol. The van der Waals surface area contributed by atoms with Crippen molar-refractivity contribution in [1.82, 2.24) is 4.90 Å². The Morgan fingerprint density at radius 3 is 2.61 bits per heavy atom. The molecule has 2 aliphatic rings. The average Bonchev–Trinajstić information content (AvgIpc) is 3.35. The topological polar surface area (TPSA) is 57.6 Å². The number of carboxylic acids is 1. The normalized spacial score (nSPS) is 24.1. The van der Waals surface area contributed by atoms with Gasteiger partial charge in [-0.2, -0.15) is 0 Å². The van der Waals surface area contributed by atoms with Crippen molar-refractivity contribution in [2.24, 2.45) is 11.8 Å². The zero-order valence-corrected chi connectivity index (χ0v) is 12.8. The van der Waals surface area contributed by atoms with Gasteiger partial charge in [0.15, 0.2) is 0 Å². The highest BCUT2D eigenvalue weighted by Crippen LogP contribution is 2.50. The van der Waals surface area contributed by atoms with Crippen LogP contribution in [-0.2, 0) is 9.59 Å². The number of halogens is 2. The summed E-state index contributed by atoms with van der Waals surface area (Å²) in [6.45, 7) is 1.77. The van der Waals surface area contributed by atoms with E-state index in [9.17, 15) is 18.4 Å². The standard InChI is InChI=1S/C17H19F2NO3/c1-9(17(22)23)8-20(11-3-4-11)16(21)14-7-13(14)12-5-2-10(18)6-15(12)19/h2,5-6,9,11,13-14H,3-4,7-8H2,1H3,(H,22,23)/t9-,13+,14-/m1/s1. The van der Waals surface area contributed by atoms with Crippen molar-refractivity contribution in [3.05, 3.63) is 35.4 Å². The summed E-state index contributed by atoms with van der Waals surface area (Å²) in [5.41, 5.74) is 0.367. The lowest BCUT2D eigenvalue weighted by Crippen LogP contribution is -2.39. The van der Waals surface area contributed by atoms with Crippen molar-refractivity contribution in [1.29, 1.82) is 0 Å². The number of rotatable bonds is 6. The molecule has 124 valence electrons. The van der Waals surface area contributed by atoms with Gasteiger partial charge < -0.3 is 10.0 Å². The average molecular weight is 323 g/mol. The minimum Gasteiger partial charge on any atom is -0.481 e. The van der Waals surface area contributed by atoms with Crippen molar-refractivity contribution < 1.29 is 23.5 Å². The van der Waals surface area contributed by atoms with Crippen LogP contribution in [-0.4, -0.2) is 34.5 Å². The molecule has 6 heteroatoms. The maximum atomic E-state index is 13.8. The summed E-state index contributed by atoms with van der Waals surface area (Å²) in [6, 6.07) is 3.54. The van der Waals surface area contributed by atoms with Crippen molar-refractivity contribution in [2.75, 3.05) is 6.54 Å². The second-order valence-electron chi connectivity index (χ2n) is 6.58. The highest BCUT2D eigenvalue weighted by molar-refractivity contribution is 5.84. The summed E-state index contributed by atoms with van der Waals surface area (Å²) < 4.78 is 26.8. The maximum absolute atomic E-state index is 13.8. The van der Waals surface area contributed by atoms with Gasteiger partial charge in [0.1, 0.15) is 11.6 Å². The van der Waals surface area contributed by atoms with E-state index in [1.807, 2.05) is 0 Å². The smallest absolute Gasteiger partial charge is 0.308 e. The number of carbonyl (C=O) groups is 2. The number of benzene rings is 1. The van der Waals surface area contributed by atoms with Gasteiger partial charge in [-0.25, -0.2) is 8.78 Å². The summed E-state index contributed by atoms with van der Waals surface area (Å²) in [5.74, 6) is -3.47. The third kappa shape index (κ3) is 3.35. The highest BCUT2D eigenvalue weighted by atomic mass is 19.1.